The van der Waals surface area contributed by atoms with Gasteiger partial charge in [0.25, 0.3) is 0 Å². The summed E-state index contributed by atoms with van der Waals surface area (Å²) >= 11 is 0. The number of rotatable bonds is 8. The van der Waals surface area contributed by atoms with E-state index in [0.29, 0.717) is 25.3 Å². The highest BCUT2D eigenvalue weighted by atomic mass is 32.2. The van der Waals surface area contributed by atoms with Gasteiger partial charge >= 0.3 is 0 Å². The summed E-state index contributed by atoms with van der Waals surface area (Å²) in [6.45, 7) is 7.05. The number of nitrogens with zero attached hydrogens (tertiary/aromatic N) is 2. The van der Waals surface area contributed by atoms with Crippen LogP contribution in [0.15, 0.2) is 53.4 Å². The minimum Gasteiger partial charge on any atom is -0.494 e. The van der Waals surface area contributed by atoms with Crippen molar-refractivity contribution in [3.63, 3.8) is 0 Å². The third-order valence-corrected chi connectivity index (χ3v) is 6.43. The Kier molecular flexibility index (Phi) is 6.93. The number of piperazine rings is 1. The van der Waals surface area contributed by atoms with Gasteiger partial charge in [-0.2, -0.15) is 0 Å². The molecule has 0 aromatic heterocycles. The number of ether oxygens (including phenoxy) is 1. The molecular formula is C21H29N3O3S. The van der Waals surface area contributed by atoms with Gasteiger partial charge in [0.15, 0.2) is 0 Å². The molecule has 3 rings (SSSR count). The maximum Gasteiger partial charge on any atom is 0.240 e. The van der Waals surface area contributed by atoms with Gasteiger partial charge in [-0.25, -0.2) is 13.1 Å². The molecule has 6 nitrogen and oxygen atoms in total. The fourth-order valence-corrected chi connectivity index (χ4v) is 4.26. The van der Waals surface area contributed by atoms with Crippen LogP contribution in [0.3, 0.4) is 0 Å². The van der Waals surface area contributed by atoms with Crippen LogP contribution in [-0.4, -0.2) is 59.7 Å². The van der Waals surface area contributed by atoms with Crippen LogP contribution in [0.5, 0.6) is 5.75 Å². The minimum absolute atomic E-state index is 0.251. The van der Waals surface area contributed by atoms with Gasteiger partial charge in [0.1, 0.15) is 5.75 Å². The molecule has 1 aliphatic heterocycles. The van der Waals surface area contributed by atoms with Crippen LogP contribution in [0.1, 0.15) is 12.5 Å². The third kappa shape index (κ3) is 5.47. The summed E-state index contributed by atoms with van der Waals surface area (Å²) in [7, 11) is -1.36. The summed E-state index contributed by atoms with van der Waals surface area (Å²) in [6.07, 6.45) is 0.652. The Morgan fingerprint density at radius 3 is 2.21 bits per heavy atom. The molecule has 0 atom stereocenters. The number of hydrogen-bond donors (Lipinski definition) is 1. The molecule has 1 heterocycles. The van der Waals surface area contributed by atoms with Crippen LogP contribution in [0.25, 0.3) is 0 Å². The summed E-state index contributed by atoms with van der Waals surface area (Å²) in [6, 6.07) is 14.9. The fourth-order valence-electron chi connectivity index (χ4n) is 3.23. The standard InChI is InChI=1S/C21H29N3O3S/c1-3-27-20-8-10-21(11-9-20)28(25,26)22-13-12-18-4-6-19(7-5-18)24-16-14-23(2)15-17-24/h4-11,22H,3,12-17H2,1-2H3. The van der Waals surface area contributed by atoms with E-state index in [1.54, 1.807) is 24.3 Å². The van der Waals surface area contributed by atoms with Crippen molar-refractivity contribution in [2.24, 2.45) is 0 Å². The second-order valence-corrected chi connectivity index (χ2v) is 8.78. The Balaban J connectivity index is 1.51. The monoisotopic (exact) mass is 403 g/mol. The van der Waals surface area contributed by atoms with Gasteiger partial charge in [0.2, 0.25) is 10.0 Å². The van der Waals surface area contributed by atoms with Crippen LogP contribution in [0.4, 0.5) is 5.69 Å². The van der Waals surface area contributed by atoms with E-state index in [4.69, 9.17) is 4.74 Å². The van der Waals surface area contributed by atoms with Crippen molar-refractivity contribution >= 4 is 15.7 Å². The van der Waals surface area contributed by atoms with Gasteiger partial charge in [-0.3, -0.25) is 0 Å². The molecule has 1 saturated heterocycles. The Morgan fingerprint density at radius 1 is 0.964 bits per heavy atom. The van der Waals surface area contributed by atoms with E-state index >= 15 is 0 Å². The molecule has 0 unspecified atom stereocenters. The normalized spacial score (nSPS) is 15.6. The van der Waals surface area contributed by atoms with Gasteiger partial charge in [-0.1, -0.05) is 12.1 Å². The van der Waals surface area contributed by atoms with E-state index in [1.807, 2.05) is 6.92 Å². The quantitative estimate of drug-likeness (QED) is 0.733. The van der Waals surface area contributed by atoms with E-state index in [9.17, 15) is 8.42 Å². The first-order valence-electron chi connectivity index (χ1n) is 9.73. The smallest absolute Gasteiger partial charge is 0.240 e. The van der Waals surface area contributed by atoms with Crippen LogP contribution >= 0.6 is 0 Å². The van der Waals surface area contributed by atoms with E-state index in [0.717, 1.165) is 31.7 Å². The first kappa shape index (κ1) is 20.6. The SMILES string of the molecule is CCOc1ccc(S(=O)(=O)NCCc2ccc(N3CCN(C)CC3)cc2)cc1. The first-order valence-corrected chi connectivity index (χ1v) is 11.2. The van der Waals surface area contributed by atoms with Crippen LogP contribution in [-0.2, 0) is 16.4 Å². The predicted molar refractivity (Wildman–Crippen MR) is 113 cm³/mol. The van der Waals surface area contributed by atoms with E-state index in [-0.39, 0.29) is 4.90 Å². The molecule has 0 radical (unpaired) electrons. The predicted octanol–water partition coefficient (Wildman–Crippen LogP) is 2.36. The number of nitrogens with one attached hydrogen (secondary N) is 1. The van der Waals surface area contributed by atoms with Crippen molar-refractivity contribution in [1.82, 2.24) is 9.62 Å². The molecular weight excluding hydrogens is 374 g/mol. The lowest BCUT2D eigenvalue weighted by atomic mass is 10.1. The van der Waals surface area contributed by atoms with Crippen molar-refractivity contribution in [2.75, 3.05) is 51.3 Å². The van der Waals surface area contributed by atoms with Gasteiger partial charge in [0.05, 0.1) is 11.5 Å². The van der Waals surface area contributed by atoms with Crippen molar-refractivity contribution in [3.8, 4) is 5.75 Å². The van der Waals surface area contributed by atoms with Crippen molar-refractivity contribution in [2.45, 2.75) is 18.2 Å². The molecule has 28 heavy (non-hydrogen) atoms. The van der Waals surface area contributed by atoms with Gasteiger partial charge in [0, 0.05) is 38.4 Å². The Hall–Kier alpha value is -2.09. The number of sulfonamides is 1. The summed E-state index contributed by atoms with van der Waals surface area (Å²) in [5.74, 6) is 0.668. The average molecular weight is 404 g/mol. The molecule has 0 aliphatic carbocycles. The van der Waals surface area contributed by atoms with Crippen LogP contribution in [0.2, 0.25) is 0 Å². The zero-order valence-electron chi connectivity index (χ0n) is 16.6. The molecule has 2 aromatic carbocycles. The summed E-state index contributed by atoms with van der Waals surface area (Å²) in [4.78, 5) is 4.97. The highest BCUT2D eigenvalue weighted by molar-refractivity contribution is 7.89. The van der Waals surface area contributed by atoms with Crippen LogP contribution < -0.4 is 14.4 Å². The van der Waals surface area contributed by atoms with Crippen molar-refractivity contribution < 1.29 is 13.2 Å². The molecule has 152 valence electrons. The molecule has 0 amide bonds. The number of hydrogen-bond acceptors (Lipinski definition) is 5. The van der Waals surface area contributed by atoms with E-state index in [2.05, 4.69) is 45.8 Å². The Bertz CT molecular complexity index is 843. The van der Waals surface area contributed by atoms with Crippen molar-refractivity contribution in [3.05, 3.63) is 54.1 Å². The third-order valence-electron chi connectivity index (χ3n) is 4.96. The largest absolute Gasteiger partial charge is 0.494 e. The minimum atomic E-state index is -3.51. The molecule has 0 spiro atoms. The maximum absolute atomic E-state index is 12.4. The Labute approximate surface area is 168 Å². The highest BCUT2D eigenvalue weighted by Gasteiger charge is 2.15. The number of likely N-dealkylation sites (N-methyl/N-ethyl adjacent to an activating group) is 1. The average Bonchev–Trinajstić information content (AvgIpc) is 2.70. The lowest BCUT2D eigenvalue weighted by Crippen LogP contribution is -2.44. The molecule has 2 aromatic rings. The number of anilines is 1. The summed E-state index contributed by atoms with van der Waals surface area (Å²) in [5.41, 5.74) is 2.35. The molecule has 1 aliphatic rings. The lowest BCUT2D eigenvalue weighted by molar-refractivity contribution is 0.313. The maximum atomic E-state index is 12.4. The van der Waals surface area contributed by atoms with Crippen molar-refractivity contribution in [1.29, 1.82) is 0 Å². The highest BCUT2D eigenvalue weighted by Crippen LogP contribution is 2.18. The van der Waals surface area contributed by atoms with Gasteiger partial charge < -0.3 is 14.5 Å². The molecule has 7 heteroatoms. The molecule has 0 bridgehead atoms. The van der Waals surface area contributed by atoms with E-state index < -0.39 is 10.0 Å². The lowest BCUT2D eigenvalue weighted by Gasteiger charge is -2.34. The second-order valence-electron chi connectivity index (χ2n) is 7.01. The molecule has 0 saturated carbocycles. The van der Waals surface area contributed by atoms with Gasteiger partial charge in [-0.05, 0) is 62.4 Å². The zero-order chi connectivity index (χ0) is 20.0. The number of benzene rings is 2. The first-order chi connectivity index (χ1) is 13.5. The fraction of sp³-hybridized carbons (Fsp3) is 0.429. The second kappa shape index (κ2) is 9.41. The van der Waals surface area contributed by atoms with E-state index in [1.165, 1.54) is 5.69 Å². The zero-order valence-corrected chi connectivity index (χ0v) is 17.4. The molecule has 1 N–H and O–H groups in total. The van der Waals surface area contributed by atoms with Gasteiger partial charge in [-0.15, -0.1) is 0 Å². The topological polar surface area (TPSA) is 61.9 Å². The molecule has 1 fully saturated rings. The summed E-state index contributed by atoms with van der Waals surface area (Å²) in [5, 5.41) is 0. The summed E-state index contributed by atoms with van der Waals surface area (Å²) < 4.78 is 32.9. The Morgan fingerprint density at radius 2 is 1.61 bits per heavy atom. The van der Waals surface area contributed by atoms with Crippen LogP contribution in [0, 0.1) is 0 Å².